The summed E-state index contributed by atoms with van der Waals surface area (Å²) in [4.78, 5) is 9.88. The number of benzene rings is 1. The summed E-state index contributed by atoms with van der Waals surface area (Å²) in [5.74, 6) is 0. The topological polar surface area (TPSA) is 17.1 Å². The average Bonchev–Trinajstić information content (AvgIpc) is 1.90. The molecule has 5 heteroatoms. The molecule has 0 radical (unpaired) electrons. The predicted octanol–water partition coefficient (Wildman–Crippen LogP) is 2.41. The van der Waals surface area contributed by atoms with Crippen molar-refractivity contribution in [2.75, 3.05) is 0 Å². The molecule has 0 unspecified atom stereocenters. The minimum Gasteiger partial charge on any atom is -0.376 e. The van der Waals surface area contributed by atoms with E-state index in [0.717, 1.165) is 0 Å². The van der Waals surface area contributed by atoms with Crippen molar-refractivity contribution in [3.8, 4) is 0 Å². The Bertz CT molecular complexity index is 181. The van der Waals surface area contributed by atoms with Crippen LogP contribution in [0.5, 0.6) is 0 Å². The summed E-state index contributed by atoms with van der Waals surface area (Å²) in [5, 5.41) is 0. The zero-order valence-electron chi connectivity index (χ0n) is 6.02. The smallest absolute Gasteiger partial charge is 0.0627 e. The maximum atomic E-state index is 9.88. The maximum absolute atomic E-state index is 9.88. The molecule has 1 aromatic rings. The van der Waals surface area contributed by atoms with Gasteiger partial charge in [-0.15, -0.1) is 49.4 Å². The second-order valence-corrected chi connectivity index (χ2v) is 1.47. The van der Waals surface area contributed by atoms with Crippen LogP contribution < -0.4 is 0 Å². The summed E-state index contributed by atoms with van der Waals surface area (Å²) in [6, 6.07) is 8.90. The van der Waals surface area contributed by atoms with Crippen LogP contribution in [0.25, 0.3) is 0 Å². The number of carbonyl (C=O) groups excluding carboxylic acids is 1. The quantitative estimate of drug-likeness (QED) is 0.561. The SMILES string of the molecule is Cl.Cl.Cl.O=[C-]c1ccccc1.[Ti]. The molecule has 1 aromatic carbocycles. The Morgan fingerprint density at radius 3 is 1.58 bits per heavy atom. The van der Waals surface area contributed by atoms with Gasteiger partial charge in [0.15, 0.2) is 0 Å². The van der Waals surface area contributed by atoms with E-state index in [0.29, 0.717) is 5.56 Å². The fraction of sp³-hybridized carbons (Fsp3) is 0. The van der Waals surface area contributed by atoms with Crippen LogP contribution in [0.15, 0.2) is 30.3 Å². The Morgan fingerprint density at radius 2 is 1.33 bits per heavy atom. The third kappa shape index (κ3) is 8.57. The van der Waals surface area contributed by atoms with Gasteiger partial charge in [-0.25, -0.2) is 0 Å². The normalized spacial score (nSPS) is 5.67. The monoisotopic (exact) mass is 261 g/mol. The van der Waals surface area contributed by atoms with E-state index in [2.05, 4.69) is 0 Å². The van der Waals surface area contributed by atoms with E-state index in [1.807, 2.05) is 6.07 Å². The molecule has 0 aliphatic rings. The van der Waals surface area contributed by atoms with Gasteiger partial charge in [-0.05, 0) is 0 Å². The van der Waals surface area contributed by atoms with Gasteiger partial charge < -0.3 is 4.79 Å². The van der Waals surface area contributed by atoms with E-state index in [9.17, 15) is 4.79 Å². The number of rotatable bonds is 1. The number of hydrogen-bond acceptors (Lipinski definition) is 1. The summed E-state index contributed by atoms with van der Waals surface area (Å²) >= 11 is 0. The zero-order valence-corrected chi connectivity index (χ0v) is 10.0. The molecule has 0 aliphatic heterocycles. The molecule has 0 saturated heterocycles. The summed E-state index contributed by atoms with van der Waals surface area (Å²) in [6.07, 6.45) is 1.78. The van der Waals surface area contributed by atoms with E-state index in [-0.39, 0.29) is 58.9 Å². The van der Waals surface area contributed by atoms with Crippen molar-refractivity contribution in [2.45, 2.75) is 0 Å². The van der Waals surface area contributed by atoms with Crippen LogP contribution in [0.3, 0.4) is 0 Å². The third-order valence-electron chi connectivity index (χ3n) is 0.892. The predicted molar refractivity (Wildman–Crippen MR) is 53.0 cm³/mol. The first-order chi connectivity index (χ1) is 3.93. The van der Waals surface area contributed by atoms with Gasteiger partial charge in [0.05, 0.1) is 6.29 Å². The van der Waals surface area contributed by atoms with Crippen LogP contribution in [-0.2, 0) is 26.5 Å². The van der Waals surface area contributed by atoms with Crippen LogP contribution in [-0.4, -0.2) is 6.29 Å². The maximum Gasteiger partial charge on any atom is 0.0627 e. The Morgan fingerprint density at radius 1 is 0.917 bits per heavy atom. The minimum absolute atomic E-state index is 0. The Hall–Kier alpha value is 0.474. The Balaban J connectivity index is -0.0000000800. The fourth-order valence-electron chi connectivity index (χ4n) is 0.506. The van der Waals surface area contributed by atoms with E-state index in [1.54, 1.807) is 30.6 Å². The summed E-state index contributed by atoms with van der Waals surface area (Å²) in [7, 11) is 0. The van der Waals surface area contributed by atoms with Gasteiger partial charge in [0.2, 0.25) is 0 Å². The van der Waals surface area contributed by atoms with Gasteiger partial charge in [-0.3, -0.25) is 0 Å². The van der Waals surface area contributed by atoms with Gasteiger partial charge in [-0.1, -0.05) is 6.07 Å². The van der Waals surface area contributed by atoms with Gasteiger partial charge in [-0.2, -0.15) is 17.7 Å². The number of hydrogen-bond donors (Lipinski definition) is 0. The first-order valence-corrected chi connectivity index (χ1v) is 2.36. The molecular formula is C7H8Cl3OTi-. The Kier molecular flexibility index (Phi) is 26.7. The molecule has 0 amide bonds. The van der Waals surface area contributed by atoms with Crippen LogP contribution in [0.1, 0.15) is 5.56 Å². The second kappa shape index (κ2) is 14.0. The molecule has 0 fully saturated rings. The van der Waals surface area contributed by atoms with E-state index in [1.165, 1.54) is 0 Å². The largest absolute Gasteiger partial charge is 0.376 e. The summed E-state index contributed by atoms with van der Waals surface area (Å²) in [6.45, 7) is 0. The van der Waals surface area contributed by atoms with Crippen molar-refractivity contribution in [3.05, 3.63) is 35.9 Å². The van der Waals surface area contributed by atoms with Crippen LogP contribution in [0, 0.1) is 0 Å². The first-order valence-electron chi connectivity index (χ1n) is 2.36. The molecule has 12 heavy (non-hydrogen) atoms. The summed E-state index contributed by atoms with van der Waals surface area (Å²) < 4.78 is 0. The van der Waals surface area contributed by atoms with E-state index < -0.39 is 0 Å². The van der Waals surface area contributed by atoms with E-state index >= 15 is 0 Å². The molecule has 1 rings (SSSR count). The molecule has 1 nitrogen and oxygen atoms in total. The molecule has 0 saturated carbocycles. The van der Waals surface area contributed by atoms with Crippen molar-refractivity contribution < 1.29 is 26.5 Å². The van der Waals surface area contributed by atoms with Gasteiger partial charge in [0.25, 0.3) is 0 Å². The first kappa shape index (κ1) is 22.9. The molecular weight excluding hydrogens is 254 g/mol. The Labute approximate surface area is 105 Å². The van der Waals surface area contributed by atoms with Crippen LogP contribution >= 0.6 is 37.2 Å². The van der Waals surface area contributed by atoms with E-state index in [4.69, 9.17) is 0 Å². The van der Waals surface area contributed by atoms with Gasteiger partial charge in [0, 0.05) is 21.7 Å². The second-order valence-electron chi connectivity index (χ2n) is 1.47. The van der Waals surface area contributed by atoms with Crippen molar-refractivity contribution >= 4 is 43.5 Å². The van der Waals surface area contributed by atoms with Crippen molar-refractivity contribution in [1.82, 2.24) is 0 Å². The number of halogens is 3. The molecule has 0 bridgehead atoms. The van der Waals surface area contributed by atoms with Gasteiger partial charge in [0.1, 0.15) is 0 Å². The average molecular weight is 262 g/mol. The van der Waals surface area contributed by atoms with Crippen LogP contribution in [0.4, 0.5) is 0 Å². The summed E-state index contributed by atoms with van der Waals surface area (Å²) in [5.41, 5.74) is 0.604. The standard InChI is InChI=1S/C7H5O.3ClH.Ti/c8-6-7-4-2-1-3-5-7;;;;/h1-5H;3*1H;/q-1;;;;. The molecule has 0 atom stereocenters. The molecule has 0 N–H and O–H groups in total. The van der Waals surface area contributed by atoms with Gasteiger partial charge >= 0.3 is 0 Å². The fourth-order valence-corrected chi connectivity index (χ4v) is 0.506. The van der Waals surface area contributed by atoms with Crippen molar-refractivity contribution in [1.29, 1.82) is 0 Å². The van der Waals surface area contributed by atoms with Crippen molar-refractivity contribution in [3.63, 3.8) is 0 Å². The molecule has 0 spiro atoms. The molecule has 0 heterocycles. The third-order valence-corrected chi connectivity index (χ3v) is 0.892. The molecule has 0 aromatic heterocycles. The molecule has 0 aliphatic carbocycles. The molecule has 68 valence electrons. The van der Waals surface area contributed by atoms with Crippen LogP contribution in [0.2, 0.25) is 0 Å². The minimum atomic E-state index is 0. The van der Waals surface area contributed by atoms with Crippen molar-refractivity contribution in [2.24, 2.45) is 0 Å². The zero-order chi connectivity index (χ0) is 5.82.